The van der Waals surface area contributed by atoms with E-state index in [0.29, 0.717) is 11.5 Å². The summed E-state index contributed by atoms with van der Waals surface area (Å²) < 4.78 is 0. The summed E-state index contributed by atoms with van der Waals surface area (Å²) in [5.41, 5.74) is 1.72. The van der Waals surface area contributed by atoms with E-state index in [4.69, 9.17) is 4.98 Å². The monoisotopic (exact) mass is 250 g/mol. The summed E-state index contributed by atoms with van der Waals surface area (Å²) in [4.78, 5) is 6.51. The van der Waals surface area contributed by atoms with Crippen molar-refractivity contribution in [1.82, 2.24) is 10.3 Å². The Morgan fingerprint density at radius 1 is 1.41 bits per heavy atom. The van der Waals surface area contributed by atoms with Crippen molar-refractivity contribution in [3.05, 3.63) is 15.6 Å². The number of nitrogens with zero attached hydrogens (tertiary/aromatic N) is 1. The number of aryl methyl sites for hydroxylation is 1. The molecule has 2 nitrogen and oxygen atoms in total. The standard InChI is InChI=1S/C14H22N2S/c1-14(2)7-3-6-11-13(14)16-12(17-11)9-10-5-4-8-15-10/h10,15H,3-9H2,1-2H3. The highest BCUT2D eigenvalue weighted by molar-refractivity contribution is 7.11. The van der Waals surface area contributed by atoms with Gasteiger partial charge in [0, 0.05) is 22.8 Å². The zero-order valence-electron chi connectivity index (χ0n) is 10.9. The number of thiazole rings is 1. The second-order valence-electron chi connectivity index (χ2n) is 6.11. The van der Waals surface area contributed by atoms with Crippen LogP contribution in [-0.4, -0.2) is 17.6 Å². The van der Waals surface area contributed by atoms with Crippen molar-refractivity contribution in [1.29, 1.82) is 0 Å². The van der Waals surface area contributed by atoms with Crippen molar-refractivity contribution < 1.29 is 0 Å². The molecular weight excluding hydrogens is 228 g/mol. The molecule has 1 N–H and O–H groups in total. The Bertz CT molecular complexity index is 402. The number of fused-ring (bicyclic) bond motifs is 1. The van der Waals surface area contributed by atoms with Gasteiger partial charge in [-0.2, -0.15) is 0 Å². The average Bonchev–Trinajstić information content (AvgIpc) is 2.87. The van der Waals surface area contributed by atoms with E-state index in [1.165, 1.54) is 49.4 Å². The summed E-state index contributed by atoms with van der Waals surface area (Å²) in [6.07, 6.45) is 7.70. The topological polar surface area (TPSA) is 24.9 Å². The molecule has 0 bridgehead atoms. The fourth-order valence-electron chi connectivity index (χ4n) is 3.14. The van der Waals surface area contributed by atoms with Crippen LogP contribution in [0.1, 0.15) is 55.1 Å². The molecule has 17 heavy (non-hydrogen) atoms. The van der Waals surface area contributed by atoms with Crippen LogP contribution in [0.2, 0.25) is 0 Å². The van der Waals surface area contributed by atoms with E-state index < -0.39 is 0 Å². The highest BCUT2D eigenvalue weighted by atomic mass is 32.1. The molecule has 1 saturated heterocycles. The van der Waals surface area contributed by atoms with E-state index >= 15 is 0 Å². The molecule has 0 spiro atoms. The Labute approximate surface area is 108 Å². The molecule has 2 aliphatic rings. The van der Waals surface area contributed by atoms with E-state index in [1.807, 2.05) is 11.3 Å². The van der Waals surface area contributed by atoms with Crippen LogP contribution in [0.4, 0.5) is 0 Å². The Kier molecular flexibility index (Phi) is 2.99. The van der Waals surface area contributed by atoms with Gasteiger partial charge in [-0.05, 0) is 38.6 Å². The van der Waals surface area contributed by atoms with Gasteiger partial charge in [0.25, 0.3) is 0 Å². The van der Waals surface area contributed by atoms with E-state index in [9.17, 15) is 0 Å². The maximum atomic E-state index is 4.95. The van der Waals surface area contributed by atoms with E-state index in [-0.39, 0.29) is 0 Å². The zero-order valence-corrected chi connectivity index (χ0v) is 11.7. The molecule has 1 aromatic rings. The third-order valence-electron chi connectivity index (χ3n) is 4.17. The summed E-state index contributed by atoms with van der Waals surface area (Å²) in [6.45, 7) is 5.89. The molecular formula is C14H22N2S. The predicted octanol–water partition coefficient (Wildman–Crippen LogP) is 3.05. The highest BCUT2D eigenvalue weighted by Crippen LogP contribution is 2.39. The lowest BCUT2D eigenvalue weighted by Gasteiger charge is -2.28. The first-order valence-electron chi connectivity index (χ1n) is 6.87. The van der Waals surface area contributed by atoms with Crippen LogP contribution in [0.3, 0.4) is 0 Å². The first kappa shape index (κ1) is 11.7. The number of aromatic nitrogens is 1. The van der Waals surface area contributed by atoms with Gasteiger partial charge in [0.1, 0.15) is 0 Å². The third kappa shape index (κ3) is 2.27. The van der Waals surface area contributed by atoms with Crippen molar-refractivity contribution in [2.24, 2.45) is 0 Å². The van der Waals surface area contributed by atoms with Crippen molar-refractivity contribution in [2.75, 3.05) is 6.54 Å². The van der Waals surface area contributed by atoms with Gasteiger partial charge < -0.3 is 5.32 Å². The van der Waals surface area contributed by atoms with Crippen molar-refractivity contribution in [3.8, 4) is 0 Å². The minimum atomic E-state index is 0.311. The van der Waals surface area contributed by atoms with Gasteiger partial charge in [-0.3, -0.25) is 0 Å². The van der Waals surface area contributed by atoms with E-state index in [2.05, 4.69) is 19.2 Å². The molecule has 1 unspecified atom stereocenters. The van der Waals surface area contributed by atoms with Crippen molar-refractivity contribution >= 4 is 11.3 Å². The number of hydrogen-bond donors (Lipinski definition) is 1. The molecule has 0 aromatic carbocycles. The van der Waals surface area contributed by atoms with E-state index in [1.54, 1.807) is 4.88 Å². The molecule has 1 aliphatic heterocycles. The fourth-order valence-corrected chi connectivity index (χ4v) is 4.51. The van der Waals surface area contributed by atoms with Crippen LogP contribution < -0.4 is 5.32 Å². The Hall–Kier alpha value is -0.410. The largest absolute Gasteiger partial charge is 0.314 e. The molecule has 3 rings (SSSR count). The third-order valence-corrected chi connectivity index (χ3v) is 5.31. The van der Waals surface area contributed by atoms with Gasteiger partial charge in [-0.15, -0.1) is 11.3 Å². The van der Waals surface area contributed by atoms with Crippen molar-refractivity contribution in [3.63, 3.8) is 0 Å². The Morgan fingerprint density at radius 3 is 3.00 bits per heavy atom. The molecule has 0 amide bonds. The van der Waals surface area contributed by atoms with Gasteiger partial charge in [0.05, 0.1) is 10.7 Å². The Morgan fingerprint density at radius 2 is 2.29 bits per heavy atom. The minimum Gasteiger partial charge on any atom is -0.314 e. The minimum absolute atomic E-state index is 0.311. The highest BCUT2D eigenvalue weighted by Gasteiger charge is 2.31. The second-order valence-corrected chi connectivity index (χ2v) is 7.28. The molecule has 1 fully saturated rings. The Balaban J connectivity index is 1.80. The molecule has 3 heteroatoms. The van der Waals surface area contributed by atoms with Crippen LogP contribution >= 0.6 is 11.3 Å². The zero-order chi connectivity index (χ0) is 11.9. The van der Waals surface area contributed by atoms with Gasteiger partial charge >= 0.3 is 0 Å². The van der Waals surface area contributed by atoms with Crippen LogP contribution in [0.5, 0.6) is 0 Å². The SMILES string of the molecule is CC1(C)CCCc2sc(CC3CCCN3)nc21. The normalized spacial score (nSPS) is 27.1. The first-order valence-corrected chi connectivity index (χ1v) is 7.69. The number of hydrogen-bond acceptors (Lipinski definition) is 3. The average molecular weight is 250 g/mol. The lowest BCUT2D eigenvalue weighted by molar-refractivity contribution is 0.423. The fraction of sp³-hybridized carbons (Fsp3) is 0.786. The van der Waals surface area contributed by atoms with E-state index in [0.717, 1.165) is 6.42 Å². The lowest BCUT2D eigenvalue weighted by atomic mass is 9.79. The molecule has 0 saturated carbocycles. The van der Waals surface area contributed by atoms with Crippen LogP contribution in [0, 0.1) is 0 Å². The molecule has 0 radical (unpaired) electrons. The predicted molar refractivity (Wildman–Crippen MR) is 72.8 cm³/mol. The van der Waals surface area contributed by atoms with Crippen LogP contribution in [-0.2, 0) is 18.3 Å². The maximum Gasteiger partial charge on any atom is 0.0946 e. The number of rotatable bonds is 2. The summed E-state index contributed by atoms with van der Waals surface area (Å²) >= 11 is 1.97. The molecule has 1 aliphatic carbocycles. The smallest absolute Gasteiger partial charge is 0.0946 e. The van der Waals surface area contributed by atoms with Crippen LogP contribution in [0.15, 0.2) is 0 Å². The lowest BCUT2D eigenvalue weighted by Crippen LogP contribution is -2.24. The van der Waals surface area contributed by atoms with Gasteiger partial charge in [-0.1, -0.05) is 13.8 Å². The van der Waals surface area contributed by atoms with Gasteiger partial charge in [0.15, 0.2) is 0 Å². The van der Waals surface area contributed by atoms with Gasteiger partial charge in [-0.25, -0.2) is 4.98 Å². The summed E-state index contributed by atoms with van der Waals surface area (Å²) in [6, 6.07) is 0.686. The first-order chi connectivity index (χ1) is 8.15. The molecule has 1 aromatic heterocycles. The summed E-state index contributed by atoms with van der Waals surface area (Å²) in [5.74, 6) is 0. The van der Waals surface area contributed by atoms with Gasteiger partial charge in [0.2, 0.25) is 0 Å². The summed E-state index contributed by atoms with van der Waals surface area (Å²) in [7, 11) is 0. The number of nitrogens with one attached hydrogen (secondary N) is 1. The van der Waals surface area contributed by atoms with Crippen molar-refractivity contribution in [2.45, 2.75) is 63.8 Å². The molecule has 2 heterocycles. The summed E-state index contributed by atoms with van der Waals surface area (Å²) in [5, 5.41) is 4.94. The quantitative estimate of drug-likeness (QED) is 0.872. The maximum absolute atomic E-state index is 4.95. The molecule has 1 atom stereocenters. The second kappa shape index (κ2) is 4.36. The van der Waals surface area contributed by atoms with Crippen LogP contribution in [0.25, 0.3) is 0 Å². The molecule has 94 valence electrons.